The van der Waals surface area contributed by atoms with Crippen LogP contribution in [-0.2, 0) is 47.8 Å². The monoisotopic (exact) mass is 1140 g/mol. The summed E-state index contributed by atoms with van der Waals surface area (Å²) in [7, 11) is 3.22. The number of nitrogens with one attached hydrogen (secondary N) is 8. The molecular weight excluding hydrogens is 1060 g/mol. The highest BCUT2D eigenvalue weighted by molar-refractivity contribution is 5.99. The Hall–Kier alpha value is -7.80. The first-order chi connectivity index (χ1) is 38.6. The molecule has 0 saturated carbocycles. The van der Waals surface area contributed by atoms with Crippen molar-refractivity contribution in [1.29, 1.82) is 0 Å². The van der Waals surface area contributed by atoms with Gasteiger partial charge in [0.05, 0.1) is 37.4 Å². The van der Waals surface area contributed by atoms with Crippen molar-refractivity contribution >= 4 is 59.1 Å². The van der Waals surface area contributed by atoms with E-state index in [1.807, 2.05) is 0 Å². The molecule has 82 heavy (non-hydrogen) atoms. The van der Waals surface area contributed by atoms with E-state index in [-0.39, 0.29) is 50.3 Å². The lowest BCUT2D eigenvalue weighted by Crippen LogP contribution is -2.59. The van der Waals surface area contributed by atoms with Crippen LogP contribution in [0.3, 0.4) is 0 Å². The molecule has 2 aliphatic rings. The standard InChI is InChI=1S/C58H82N12O12/c1-33(61-9)49(73)67-47(57(3,4)5)55(79)69-27-39(25-43(69)53(77)65-41(29-81-31-45(59)71)35-17-13-11-14-18-35)63-51(75)37-21-23-38(24-22-37)52(76)64-40-26-44(54(78)66-42(30-82-32-46(60)72)36-19-15-12-16-20-36)70(28-40)56(80)48(58(6,7)8)68-50(74)34(2)62-10/h11-24,33-34,39-44,47-48,61-62H,25-32H2,1-10H3,(H2,59,71)(H2,60,72)(H,63,75)(H,64,76)(H,65,77)(H,66,78)(H,67,73)(H,68,74)/t33-,34-,39-,40-,41+,42+,43-,44?,47+,48+/m0/s1. The third kappa shape index (κ3) is 18.1. The molecule has 24 heteroatoms. The highest BCUT2D eigenvalue weighted by Crippen LogP contribution is 2.30. The Balaban J connectivity index is 1.37. The lowest BCUT2D eigenvalue weighted by molar-refractivity contribution is -0.144. The topological polar surface area (TPSA) is 344 Å². The number of hydrogen-bond acceptors (Lipinski definition) is 14. The van der Waals surface area contributed by atoms with Crippen molar-refractivity contribution in [2.45, 2.75) is 129 Å². The molecule has 0 spiro atoms. The summed E-state index contributed by atoms with van der Waals surface area (Å²) >= 11 is 0. The van der Waals surface area contributed by atoms with Gasteiger partial charge in [0.25, 0.3) is 11.8 Å². The molecule has 3 aromatic rings. The molecule has 24 nitrogen and oxygen atoms in total. The van der Waals surface area contributed by atoms with Gasteiger partial charge in [-0.25, -0.2) is 0 Å². The van der Waals surface area contributed by atoms with Gasteiger partial charge in [-0.05, 0) is 87.0 Å². The highest BCUT2D eigenvalue weighted by atomic mass is 16.5. The number of carbonyl (C=O) groups excluding carboxylic acids is 10. The first-order valence-corrected chi connectivity index (χ1v) is 27.3. The largest absolute Gasteiger partial charge is 0.369 e. The number of primary amides is 2. The number of carbonyl (C=O) groups is 10. The van der Waals surface area contributed by atoms with E-state index >= 15 is 0 Å². The Kier molecular flexibility index (Phi) is 23.2. The van der Waals surface area contributed by atoms with E-state index in [0.717, 1.165) is 0 Å². The number of benzene rings is 3. The predicted molar refractivity (Wildman–Crippen MR) is 304 cm³/mol. The Morgan fingerprint density at radius 3 is 1.15 bits per heavy atom. The second kappa shape index (κ2) is 29.3. The van der Waals surface area contributed by atoms with Gasteiger partial charge >= 0.3 is 0 Å². The van der Waals surface area contributed by atoms with E-state index < -0.39 is 144 Å². The van der Waals surface area contributed by atoms with Crippen LogP contribution in [0.5, 0.6) is 0 Å². The lowest BCUT2D eigenvalue weighted by atomic mass is 9.85. The molecule has 3 aromatic carbocycles. The summed E-state index contributed by atoms with van der Waals surface area (Å²) in [6.45, 7) is 12.7. The number of nitrogens with two attached hydrogens (primary N) is 2. The fourth-order valence-corrected chi connectivity index (χ4v) is 9.51. The van der Waals surface area contributed by atoms with Gasteiger partial charge in [-0.2, -0.15) is 0 Å². The molecule has 446 valence electrons. The molecule has 0 radical (unpaired) electrons. The minimum Gasteiger partial charge on any atom is -0.369 e. The van der Waals surface area contributed by atoms with Crippen LogP contribution in [0.4, 0.5) is 0 Å². The smallest absolute Gasteiger partial charge is 0.251 e. The predicted octanol–water partition coefficient (Wildman–Crippen LogP) is 0.0816. The fraction of sp³-hybridized carbons (Fsp3) is 0.517. The Labute approximate surface area is 479 Å². The second-order valence-electron chi connectivity index (χ2n) is 22.9. The van der Waals surface area contributed by atoms with Crippen LogP contribution in [0.25, 0.3) is 0 Å². The number of ether oxygens (including phenoxy) is 2. The summed E-state index contributed by atoms with van der Waals surface area (Å²) < 4.78 is 11.1. The number of amides is 10. The van der Waals surface area contributed by atoms with Crippen molar-refractivity contribution in [3.63, 3.8) is 0 Å². The van der Waals surface area contributed by atoms with Gasteiger partial charge in [0.2, 0.25) is 47.3 Å². The highest BCUT2D eigenvalue weighted by Gasteiger charge is 2.48. The van der Waals surface area contributed by atoms with Crippen molar-refractivity contribution in [3.05, 3.63) is 107 Å². The van der Waals surface area contributed by atoms with Crippen LogP contribution in [0.1, 0.15) is 112 Å². The van der Waals surface area contributed by atoms with E-state index in [4.69, 9.17) is 20.9 Å². The zero-order valence-electron chi connectivity index (χ0n) is 48.5. The number of hydrogen-bond donors (Lipinski definition) is 10. The molecule has 0 bridgehead atoms. The first kappa shape index (κ1) is 65.0. The van der Waals surface area contributed by atoms with E-state index in [1.54, 1.807) is 130 Å². The first-order valence-electron chi connectivity index (χ1n) is 27.3. The van der Waals surface area contributed by atoms with Crippen LogP contribution in [0.15, 0.2) is 84.9 Å². The third-order valence-electron chi connectivity index (χ3n) is 14.4. The van der Waals surface area contributed by atoms with Gasteiger partial charge in [0.1, 0.15) is 37.4 Å². The van der Waals surface area contributed by atoms with Gasteiger partial charge in [-0.1, -0.05) is 102 Å². The zero-order chi connectivity index (χ0) is 60.6. The van der Waals surface area contributed by atoms with Crippen LogP contribution >= 0.6 is 0 Å². The Morgan fingerprint density at radius 1 is 0.524 bits per heavy atom. The molecule has 0 aliphatic carbocycles. The summed E-state index contributed by atoms with van der Waals surface area (Å²) in [5.41, 5.74) is 10.6. The maximum absolute atomic E-state index is 14.7. The molecule has 0 aromatic heterocycles. The molecule has 1 unspecified atom stereocenters. The van der Waals surface area contributed by atoms with E-state index in [0.29, 0.717) is 11.1 Å². The normalized spacial score (nSPS) is 19.3. The molecule has 12 N–H and O–H groups in total. The SMILES string of the molecule is CN[C@@H](C)C(=O)N[C@H](C(=O)N1C[C@@H](NC(=O)c2ccc(C(=O)N[C@H]3C[C@@H](C(=O)N[C@H](COCC(N)=O)c4ccccc4)N(C(=O)[C@@H](NC(=O)[C@H](C)NC)C(C)(C)C)C3)cc2)CC1C(=O)N[C@H](COCC(N)=O)c1ccccc1)C(C)(C)C. The van der Waals surface area contributed by atoms with Crippen molar-refractivity contribution in [2.24, 2.45) is 22.3 Å². The number of rotatable bonds is 26. The molecule has 5 rings (SSSR count). The molecular formula is C58H82N12O12. The van der Waals surface area contributed by atoms with Gasteiger partial charge in [-0.15, -0.1) is 0 Å². The third-order valence-corrected chi connectivity index (χ3v) is 14.4. The Bertz CT molecular complexity index is 2550. The molecule has 2 saturated heterocycles. The van der Waals surface area contributed by atoms with Gasteiger partial charge in [0, 0.05) is 36.3 Å². The van der Waals surface area contributed by atoms with E-state index in [1.165, 1.54) is 34.1 Å². The minimum absolute atomic E-state index is 0.0287. The molecule has 10 amide bonds. The van der Waals surface area contributed by atoms with Crippen molar-refractivity contribution in [1.82, 2.24) is 52.3 Å². The maximum Gasteiger partial charge on any atom is 0.251 e. The second-order valence-corrected chi connectivity index (χ2v) is 22.9. The summed E-state index contributed by atoms with van der Waals surface area (Å²) in [4.78, 5) is 139. The average molecular weight is 1140 g/mol. The summed E-state index contributed by atoms with van der Waals surface area (Å²) in [6, 6.07) is 14.6. The van der Waals surface area contributed by atoms with Gasteiger partial charge in [-0.3, -0.25) is 47.9 Å². The quantitative estimate of drug-likeness (QED) is 0.0509. The van der Waals surface area contributed by atoms with Crippen LogP contribution in [-0.4, -0.2) is 171 Å². The number of nitrogens with zero attached hydrogens (tertiary/aromatic N) is 2. The van der Waals surface area contributed by atoms with Crippen LogP contribution in [0, 0.1) is 10.8 Å². The number of likely N-dealkylation sites (N-methyl/N-ethyl adjacent to an activating group) is 2. The minimum atomic E-state index is -1.14. The van der Waals surface area contributed by atoms with Crippen LogP contribution < -0.4 is 54.0 Å². The van der Waals surface area contributed by atoms with E-state index in [9.17, 15) is 47.9 Å². The molecule has 10 atom stereocenters. The van der Waals surface area contributed by atoms with E-state index in [2.05, 4.69) is 42.5 Å². The van der Waals surface area contributed by atoms with Crippen molar-refractivity contribution < 1.29 is 57.4 Å². The van der Waals surface area contributed by atoms with Crippen LogP contribution in [0.2, 0.25) is 0 Å². The lowest BCUT2D eigenvalue weighted by Gasteiger charge is -2.36. The summed E-state index contributed by atoms with van der Waals surface area (Å²) in [6.07, 6.45) is -0.0575. The zero-order valence-corrected chi connectivity index (χ0v) is 48.5. The fourth-order valence-electron chi connectivity index (χ4n) is 9.51. The average Bonchev–Trinajstić information content (AvgIpc) is 4.20. The summed E-state index contributed by atoms with van der Waals surface area (Å²) in [5, 5.41) is 23.2. The molecule has 2 heterocycles. The van der Waals surface area contributed by atoms with Crippen molar-refractivity contribution in [2.75, 3.05) is 53.6 Å². The molecule has 2 aliphatic heterocycles. The molecule has 2 fully saturated rings. The van der Waals surface area contributed by atoms with Gasteiger partial charge < -0.3 is 73.3 Å². The summed E-state index contributed by atoms with van der Waals surface area (Å²) in [5.74, 6) is -5.70. The Morgan fingerprint density at radius 2 is 0.854 bits per heavy atom. The number of likely N-dealkylation sites (tertiary alicyclic amines) is 2. The maximum atomic E-state index is 14.7. The van der Waals surface area contributed by atoms with Crippen molar-refractivity contribution in [3.8, 4) is 0 Å². The van der Waals surface area contributed by atoms with Gasteiger partial charge in [0.15, 0.2) is 0 Å².